The molecule has 3 nitrogen and oxygen atoms in total. The smallest absolute Gasteiger partial charge is 1.00 e. The monoisotopic (exact) mass is 133 g/mol. The Morgan fingerprint density at radius 3 is 2.43 bits per heavy atom. The minimum atomic E-state index is -0.614. The average Bonchev–Trinajstić information content (AvgIpc) is 1.65. The molecule has 2 N–H and O–H groups in total. The van der Waals surface area contributed by atoms with Crippen LogP contribution in [-0.4, -0.2) is 12.5 Å². The summed E-state index contributed by atoms with van der Waals surface area (Å²) in [6.45, 7) is -0.163. The molecule has 38 valence electrons. The van der Waals surface area contributed by atoms with Crippen molar-refractivity contribution in [2.45, 2.75) is 0 Å². The Labute approximate surface area is 70.1 Å². The van der Waals surface area contributed by atoms with Gasteiger partial charge in [-0.15, -0.1) is 0 Å². The zero-order valence-corrected chi connectivity index (χ0v) is 6.73. The fourth-order valence-corrected chi connectivity index (χ4v) is 0.0945. The van der Waals surface area contributed by atoms with Gasteiger partial charge in [-0.05, 0) is 0 Å². The molecular formula is C2H5ClNNaO2. The normalized spacial score (nSPS) is 6.57. The van der Waals surface area contributed by atoms with E-state index in [1.165, 1.54) is 0 Å². The summed E-state index contributed by atoms with van der Waals surface area (Å²) in [7, 11) is 0. The van der Waals surface area contributed by atoms with Gasteiger partial charge in [0, 0.05) is 0 Å². The first-order valence-corrected chi connectivity index (χ1v) is 1.63. The third-order valence-corrected chi connectivity index (χ3v) is 0.425. The molecule has 0 spiro atoms. The molecule has 0 radical (unpaired) electrons. The summed E-state index contributed by atoms with van der Waals surface area (Å²) >= 11 is 4.52. The van der Waals surface area contributed by atoms with Gasteiger partial charge in [-0.3, -0.25) is 0 Å². The van der Waals surface area contributed by atoms with E-state index in [4.69, 9.17) is 5.73 Å². The maximum Gasteiger partial charge on any atom is 1.00 e. The van der Waals surface area contributed by atoms with Crippen LogP contribution in [0.15, 0.2) is 0 Å². The number of carbonyl (C=O) groups excluding carboxylic acids is 1. The minimum Gasteiger partial charge on any atom is -1.00 e. The Morgan fingerprint density at radius 2 is 2.43 bits per heavy atom. The Hall–Kier alpha value is 0.720. The van der Waals surface area contributed by atoms with Gasteiger partial charge in [-0.1, -0.05) is 0 Å². The van der Waals surface area contributed by atoms with Crippen LogP contribution in [0.5, 0.6) is 0 Å². The summed E-state index contributed by atoms with van der Waals surface area (Å²) in [4.78, 5) is 9.70. The fourth-order valence-electron chi connectivity index (χ4n) is 0.0315. The molecule has 0 bridgehead atoms. The maximum atomic E-state index is 9.70. The van der Waals surface area contributed by atoms with Crippen molar-refractivity contribution in [3.8, 4) is 0 Å². The molecule has 0 aliphatic rings. The Bertz CT molecular complexity index is 58.0. The molecule has 0 atom stereocenters. The average molecular weight is 134 g/mol. The molecule has 0 aromatic heterocycles. The number of nitrogens with two attached hydrogens (primary N) is 1. The quantitative estimate of drug-likeness (QED) is 0.383. The van der Waals surface area contributed by atoms with Crippen LogP contribution in [0.4, 0.5) is 0 Å². The van der Waals surface area contributed by atoms with Crippen LogP contribution in [-0.2, 0) is 9.08 Å². The molecule has 0 unspecified atom stereocenters. The van der Waals surface area contributed by atoms with Crippen molar-refractivity contribution >= 4 is 17.8 Å². The van der Waals surface area contributed by atoms with E-state index in [1.807, 2.05) is 0 Å². The van der Waals surface area contributed by atoms with E-state index in [0.717, 1.165) is 0 Å². The van der Waals surface area contributed by atoms with Crippen molar-refractivity contribution in [3.63, 3.8) is 0 Å². The van der Waals surface area contributed by atoms with Gasteiger partial charge in [0.2, 0.25) is 0 Å². The number of hydrogen-bond acceptors (Lipinski definition) is 3. The maximum absolute atomic E-state index is 9.70. The van der Waals surface area contributed by atoms with Gasteiger partial charge in [0.1, 0.15) is 11.9 Å². The standard InChI is InChI=1S/C2H4ClNO2.Na.H/c3-6-2(5)1-4;;/h1,4H2;;/q;+1;-1. The first kappa shape index (κ1) is 10.7. The summed E-state index contributed by atoms with van der Waals surface area (Å²) in [5.74, 6) is -0.614. The van der Waals surface area contributed by atoms with Crippen molar-refractivity contribution in [1.29, 1.82) is 0 Å². The minimum absolute atomic E-state index is 0. The van der Waals surface area contributed by atoms with E-state index in [1.54, 1.807) is 0 Å². The first-order chi connectivity index (χ1) is 2.81. The molecule has 0 aromatic rings. The number of hydrogen-bond donors (Lipinski definition) is 1. The second-order valence-corrected chi connectivity index (χ2v) is 0.808. The molecule has 0 heterocycles. The summed E-state index contributed by atoms with van der Waals surface area (Å²) in [5, 5.41) is 0. The second kappa shape index (κ2) is 6.72. The van der Waals surface area contributed by atoms with Gasteiger partial charge < -0.3 is 11.4 Å². The molecule has 0 amide bonds. The molecule has 7 heavy (non-hydrogen) atoms. The van der Waals surface area contributed by atoms with E-state index in [2.05, 4.69) is 16.2 Å². The van der Waals surface area contributed by atoms with Crippen LogP contribution in [0.3, 0.4) is 0 Å². The number of rotatable bonds is 1. The van der Waals surface area contributed by atoms with E-state index in [9.17, 15) is 4.79 Å². The van der Waals surface area contributed by atoms with Crippen molar-refractivity contribution < 1.29 is 40.1 Å². The Balaban J connectivity index is -0.000000125. The van der Waals surface area contributed by atoms with E-state index in [0.29, 0.717) is 0 Å². The van der Waals surface area contributed by atoms with E-state index < -0.39 is 5.97 Å². The van der Waals surface area contributed by atoms with Crippen LogP contribution in [0.25, 0.3) is 0 Å². The summed E-state index contributed by atoms with van der Waals surface area (Å²) in [6.07, 6.45) is 0. The van der Waals surface area contributed by atoms with Crippen molar-refractivity contribution in [3.05, 3.63) is 0 Å². The summed E-state index contributed by atoms with van der Waals surface area (Å²) < 4.78 is 3.61. The topological polar surface area (TPSA) is 52.3 Å². The van der Waals surface area contributed by atoms with Crippen molar-refractivity contribution in [2.24, 2.45) is 5.73 Å². The molecule has 0 saturated heterocycles. The third kappa shape index (κ3) is 6.72. The van der Waals surface area contributed by atoms with Gasteiger partial charge in [-0.2, -0.15) is 0 Å². The number of carbonyl (C=O) groups is 1. The SMILES string of the molecule is NCC(=O)OCl.[H-].[Na+]. The van der Waals surface area contributed by atoms with Crippen LogP contribution in [0.1, 0.15) is 1.43 Å². The van der Waals surface area contributed by atoms with Gasteiger partial charge >= 0.3 is 35.5 Å². The summed E-state index contributed by atoms with van der Waals surface area (Å²) in [5.41, 5.74) is 4.72. The van der Waals surface area contributed by atoms with Crippen LogP contribution in [0, 0.1) is 0 Å². The molecule has 0 saturated carbocycles. The van der Waals surface area contributed by atoms with Gasteiger partial charge in [0.05, 0.1) is 6.54 Å². The molecule has 0 aliphatic carbocycles. The zero-order chi connectivity index (χ0) is 4.99. The molecular weight excluding hydrogens is 128 g/mol. The van der Waals surface area contributed by atoms with Crippen molar-refractivity contribution in [1.82, 2.24) is 0 Å². The van der Waals surface area contributed by atoms with Gasteiger partial charge in [-0.25, -0.2) is 4.79 Å². The predicted molar refractivity (Wildman–Crippen MR) is 22.1 cm³/mol. The molecule has 0 aromatic carbocycles. The van der Waals surface area contributed by atoms with E-state index in [-0.39, 0.29) is 37.5 Å². The molecule has 0 aliphatic heterocycles. The van der Waals surface area contributed by atoms with Gasteiger partial charge in [0.25, 0.3) is 0 Å². The van der Waals surface area contributed by atoms with Crippen LogP contribution in [0.2, 0.25) is 0 Å². The molecule has 0 rings (SSSR count). The predicted octanol–water partition coefficient (Wildman–Crippen LogP) is -3.24. The molecule has 0 fully saturated rings. The van der Waals surface area contributed by atoms with Gasteiger partial charge in [0.15, 0.2) is 0 Å². The zero-order valence-electron chi connectivity index (χ0n) is 4.98. The van der Waals surface area contributed by atoms with E-state index >= 15 is 0 Å². The van der Waals surface area contributed by atoms with Crippen LogP contribution < -0.4 is 35.3 Å². The summed E-state index contributed by atoms with van der Waals surface area (Å²) in [6, 6.07) is 0. The molecule has 5 heteroatoms. The number of halogens is 1. The first-order valence-electron chi connectivity index (χ1n) is 1.32. The largest absolute Gasteiger partial charge is 1.00 e. The van der Waals surface area contributed by atoms with Crippen LogP contribution >= 0.6 is 11.9 Å². The van der Waals surface area contributed by atoms with Crippen molar-refractivity contribution in [2.75, 3.05) is 6.54 Å². The Kier molecular flexibility index (Phi) is 10.2. The third-order valence-electron chi connectivity index (χ3n) is 0.253. The second-order valence-electron chi connectivity index (χ2n) is 0.653. The fraction of sp³-hybridized carbons (Fsp3) is 0.500. The Morgan fingerprint density at radius 1 is 2.00 bits per heavy atom.